The Bertz CT molecular complexity index is 374. The summed E-state index contributed by atoms with van der Waals surface area (Å²) in [6, 6.07) is 0.208. The molecule has 0 aromatic rings. The van der Waals surface area contributed by atoms with Crippen molar-refractivity contribution in [2.45, 2.75) is 45.1 Å². The lowest BCUT2D eigenvalue weighted by Gasteiger charge is -2.30. The van der Waals surface area contributed by atoms with Crippen LogP contribution in [0.15, 0.2) is 0 Å². The van der Waals surface area contributed by atoms with E-state index in [0.717, 1.165) is 37.3 Å². The fourth-order valence-electron chi connectivity index (χ4n) is 4.65. The number of ether oxygens (including phenoxy) is 1. The van der Waals surface area contributed by atoms with E-state index in [-0.39, 0.29) is 17.9 Å². The number of fused-ring (bicyclic) bond motifs is 2. The molecule has 4 heteroatoms. The fourth-order valence-corrected chi connectivity index (χ4v) is 4.65. The Morgan fingerprint density at radius 2 is 2.14 bits per heavy atom. The van der Waals surface area contributed by atoms with Crippen LogP contribution in [0.2, 0.25) is 0 Å². The van der Waals surface area contributed by atoms with Crippen LogP contribution in [0, 0.1) is 23.7 Å². The van der Waals surface area contributed by atoms with Crippen LogP contribution < -0.4 is 5.32 Å². The molecule has 2 aliphatic carbocycles. The highest BCUT2D eigenvalue weighted by atomic mass is 16.5. The number of carbonyl (C=O) groups is 1. The first kappa shape index (κ1) is 15.3. The van der Waals surface area contributed by atoms with Crippen LogP contribution >= 0.6 is 0 Å². The molecular formula is C17H30N2O2. The minimum atomic E-state index is 0.0140. The molecule has 2 saturated carbocycles. The minimum Gasteiger partial charge on any atom is -0.379 e. The van der Waals surface area contributed by atoms with Crippen molar-refractivity contribution >= 4 is 5.91 Å². The third-order valence-electron chi connectivity index (χ3n) is 5.82. The SMILES string of the molecule is CCCNC1COCC1C(=O)N(C)CC1CC2CCC1C2. The van der Waals surface area contributed by atoms with E-state index in [4.69, 9.17) is 4.74 Å². The Kier molecular flexibility index (Phi) is 4.85. The summed E-state index contributed by atoms with van der Waals surface area (Å²) in [5.41, 5.74) is 0. The van der Waals surface area contributed by atoms with Crippen LogP contribution in [0.3, 0.4) is 0 Å². The Morgan fingerprint density at radius 3 is 2.81 bits per heavy atom. The number of carbonyl (C=O) groups excluding carboxylic acids is 1. The zero-order valence-corrected chi connectivity index (χ0v) is 13.5. The molecule has 0 aromatic carbocycles. The van der Waals surface area contributed by atoms with Gasteiger partial charge in [0, 0.05) is 19.6 Å². The van der Waals surface area contributed by atoms with Gasteiger partial charge in [0.25, 0.3) is 0 Å². The largest absolute Gasteiger partial charge is 0.379 e. The predicted molar refractivity (Wildman–Crippen MR) is 83.0 cm³/mol. The quantitative estimate of drug-likeness (QED) is 0.813. The van der Waals surface area contributed by atoms with E-state index >= 15 is 0 Å². The van der Waals surface area contributed by atoms with E-state index in [9.17, 15) is 4.79 Å². The van der Waals surface area contributed by atoms with Gasteiger partial charge in [-0.05, 0) is 50.0 Å². The van der Waals surface area contributed by atoms with Crippen LogP contribution in [-0.2, 0) is 9.53 Å². The first-order valence-electron chi connectivity index (χ1n) is 8.75. The molecule has 1 aliphatic heterocycles. The summed E-state index contributed by atoms with van der Waals surface area (Å²) in [6.07, 6.45) is 6.68. The lowest BCUT2D eigenvalue weighted by Crippen LogP contribution is -2.46. The maximum atomic E-state index is 12.7. The van der Waals surface area contributed by atoms with Crippen LogP contribution in [0.25, 0.3) is 0 Å². The zero-order chi connectivity index (χ0) is 14.8. The third-order valence-corrected chi connectivity index (χ3v) is 5.82. The zero-order valence-electron chi connectivity index (χ0n) is 13.5. The lowest BCUT2D eigenvalue weighted by molar-refractivity contribution is -0.135. The van der Waals surface area contributed by atoms with Crippen LogP contribution in [0.5, 0.6) is 0 Å². The number of amides is 1. The predicted octanol–water partition coefficient (Wildman–Crippen LogP) is 1.90. The second kappa shape index (κ2) is 6.66. The summed E-state index contributed by atoms with van der Waals surface area (Å²) in [6.45, 7) is 5.34. The van der Waals surface area contributed by atoms with Crippen molar-refractivity contribution in [1.82, 2.24) is 10.2 Å². The average molecular weight is 294 g/mol. The number of hydrogen-bond donors (Lipinski definition) is 1. The van der Waals surface area contributed by atoms with Gasteiger partial charge < -0.3 is 15.0 Å². The smallest absolute Gasteiger partial charge is 0.229 e. The molecule has 21 heavy (non-hydrogen) atoms. The van der Waals surface area contributed by atoms with Crippen LogP contribution in [0.4, 0.5) is 0 Å². The molecule has 0 spiro atoms. The maximum absolute atomic E-state index is 12.7. The maximum Gasteiger partial charge on any atom is 0.229 e. The highest BCUT2D eigenvalue weighted by molar-refractivity contribution is 5.79. The second-order valence-electron chi connectivity index (χ2n) is 7.36. The second-order valence-corrected chi connectivity index (χ2v) is 7.36. The highest BCUT2D eigenvalue weighted by Gasteiger charge is 2.41. The first-order chi connectivity index (χ1) is 10.2. The molecular weight excluding hydrogens is 264 g/mol. The van der Waals surface area contributed by atoms with Gasteiger partial charge in [-0.2, -0.15) is 0 Å². The number of nitrogens with zero attached hydrogens (tertiary/aromatic N) is 1. The molecule has 5 atom stereocenters. The van der Waals surface area contributed by atoms with Crippen LogP contribution in [-0.4, -0.2) is 50.2 Å². The molecule has 5 unspecified atom stereocenters. The fraction of sp³-hybridized carbons (Fsp3) is 0.941. The van der Waals surface area contributed by atoms with E-state index < -0.39 is 0 Å². The summed E-state index contributed by atoms with van der Waals surface area (Å²) in [5, 5.41) is 3.47. The van der Waals surface area contributed by atoms with E-state index in [1.165, 1.54) is 25.7 Å². The molecule has 0 radical (unpaired) electrons. The molecule has 120 valence electrons. The highest BCUT2D eigenvalue weighted by Crippen LogP contribution is 2.48. The molecule has 1 N–H and O–H groups in total. The topological polar surface area (TPSA) is 41.6 Å². The van der Waals surface area contributed by atoms with Gasteiger partial charge in [0.1, 0.15) is 0 Å². The lowest BCUT2D eigenvalue weighted by atomic mass is 9.88. The molecule has 0 aromatic heterocycles. The van der Waals surface area contributed by atoms with Gasteiger partial charge in [0.2, 0.25) is 5.91 Å². The Balaban J connectivity index is 1.51. The van der Waals surface area contributed by atoms with E-state index in [1.807, 2.05) is 11.9 Å². The molecule has 3 fully saturated rings. The number of nitrogens with one attached hydrogen (secondary N) is 1. The summed E-state index contributed by atoms with van der Waals surface area (Å²) in [7, 11) is 1.99. The standard InChI is InChI=1S/C17H30N2O2/c1-3-6-18-16-11-21-10-15(16)17(20)19(2)9-14-8-12-4-5-13(14)7-12/h12-16,18H,3-11H2,1-2H3. The monoisotopic (exact) mass is 294 g/mol. The normalized spacial score (nSPS) is 38.1. The molecule has 4 nitrogen and oxygen atoms in total. The van der Waals surface area contributed by atoms with Crippen molar-refractivity contribution in [2.24, 2.45) is 23.7 Å². The summed E-state index contributed by atoms with van der Waals surface area (Å²) in [4.78, 5) is 14.7. The van der Waals surface area contributed by atoms with Gasteiger partial charge >= 0.3 is 0 Å². The van der Waals surface area contributed by atoms with Gasteiger partial charge in [0.15, 0.2) is 0 Å². The van der Waals surface area contributed by atoms with E-state index in [2.05, 4.69) is 12.2 Å². The molecule has 3 aliphatic rings. The summed E-state index contributed by atoms with van der Waals surface area (Å²) >= 11 is 0. The minimum absolute atomic E-state index is 0.0140. The van der Waals surface area contributed by atoms with Crippen molar-refractivity contribution < 1.29 is 9.53 Å². The van der Waals surface area contributed by atoms with Gasteiger partial charge in [0.05, 0.1) is 19.1 Å². The van der Waals surface area contributed by atoms with Crippen molar-refractivity contribution in [3.05, 3.63) is 0 Å². The number of hydrogen-bond acceptors (Lipinski definition) is 3. The summed E-state index contributed by atoms with van der Waals surface area (Å²) in [5.74, 6) is 2.89. The van der Waals surface area contributed by atoms with Gasteiger partial charge in [-0.25, -0.2) is 0 Å². The Labute approximate surface area is 128 Å². The molecule has 1 heterocycles. The molecule has 1 saturated heterocycles. The van der Waals surface area contributed by atoms with Gasteiger partial charge in [-0.3, -0.25) is 4.79 Å². The average Bonchev–Trinajstić information content (AvgIpc) is 3.20. The van der Waals surface area contributed by atoms with Crippen molar-refractivity contribution in [3.63, 3.8) is 0 Å². The molecule has 1 amide bonds. The van der Waals surface area contributed by atoms with Crippen LogP contribution in [0.1, 0.15) is 39.0 Å². The number of rotatable bonds is 6. The van der Waals surface area contributed by atoms with E-state index in [1.54, 1.807) is 0 Å². The third kappa shape index (κ3) is 3.26. The van der Waals surface area contributed by atoms with Gasteiger partial charge in [-0.1, -0.05) is 13.3 Å². The van der Waals surface area contributed by atoms with E-state index in [0.29, 0.717) is 13.2 Å². The Hall–Kier alpha value is -0.610. The molecule has 2 bridgehead atoms. The van der Waals surface area contributed by atoms with Crippen molar-refractivity contribution in [3.8, 4) is 0 Å². The van der Waals surface area contributed by atoms with Crippen molar-refractivity contribution in [1.29, 1.82) is 0 Å². The summed E-state index contributed by atoms with van der Waals surface area (Å²) < 4.78 is 5.55. The molecule has 3 rings (SSSR count). The first-order valence-corrected chi connectivity index (χ1v) is 8.75. The van der Waals surface area contributed by atoms with Gasteiger partial charge in [-0.15, -0.1) is 0 Å². The Morgan fingerprint density at radius 1 is 1.29 bits per heavy atom. The van der Waals surface area contributed by atoms with Crippen molar-refractivity contribution in [2.75, 3.05) is 33.4 Å².